The van der Waals surface area contributed by atoms with Gasteiger partial charge in [-0.05, 0) is 84.9 Å². The molecule has 9 N–H and O–H groups in total. The van der Waals surface area contributed by atoms with Gasteiger partial charge in [0.2, 0.25) is 6.29 Å². The molecular formula is C36H56O13. The smallest absolute Gasteiger partial charge is 0.319 e. The Balaban J connectivity index is 1.39. The van der Waals surface area contributed by atoms with Crippen LogP contribution in [0.4, 0.5) is 0 Å². The van der Waals surface area contributed by atoms with Gasteiger partial charge >= 0.3 is 11.9 Å². The van der Waals surface area contributed by atoms with Crippen molar-refractivity contribution >= 4 is 11.9 Å². The molecule has 278 valence electrons. The lowest BCUT2D eigenvalue weighted by molar-refractivity contribution is -0.306. The van der Waals surface area contributed by atoms with Crippen LogP contribution in [0, 0.1) is 50.2 Å². The molecule has 6 rings (SSSR count). The van der Waals surface area contributed by atoms with Gasteiger partial charge in [0.1, 0.15) is 29.8 Å². The second-order valence-electron chi connectivity index (χ2n) is 17.7. The maximum atomic E-state index is 14.2. The number of carboxylic acids is 1. The number of aliphatic carboxylic acids is 1. The summed E-state index contributed by atoms with van der Waals surface area (Å²) in [5.41, 5.74) is -4.48. The minimum Gasteiger partial charge on any atom is -0.481 e. The lowest BCUT2D eigenvalue weighted by atomic mass is 9.33. The summed E-state index contributed by atoms with van der Waals surface area (Å²) in [5, 5.41) is 97.3. The molecule has 1 heterocycles. The Morgan fingerprint density at radius 3 is 2.12 bits per heavy atom. The van der Waals surface area contributed by atoms with Gasteiger partial charge in [-0.2, -0.15) is 0 Å². The molecule has 0 spiro atoms. The lowest BCUT2D eigenvalue weighted by Crippen LogP contribution is -2.71. The molecule has 0 aromatic heterocycles. The van der Waals surface area contributed by atoms with Crippen LogP contribution in [0.15, 0.2) is 11.6 Å². The molecule has 6 aliphatic rings. The molecule has 49 heavy (non-hydrogen) atoms. The first kappa shape index (κ1) is 37.1. The van der Waals surface area contributed by atoms with Crippen LogP contribution in [0.2, 0.25) is 0 Å². The molecule has 13 heteroatoms. The predicted molar refractivity (Wildman–Crippen MR) is 171 cm³/mol. The number of ether oxygens (including phenoxy) is 2. The quantitative estimate of drug-likeness (QED) is 0.141. The highest BCUT2D eigenvalue weighted by molar-refractivity contribution is 5.79. The van der Waals surface area contributed by atoms with E-state index in [0.29, 0.717) is 44.9 Å². The van der Waals surface area contributed by atoms with Gasteiger partial charge in [-0.3, -0.25) is 9.59 Å². The van der Waals surface area contributed by atoms with E-state index in [1.165, 1.54) is 0 Å². The number of carbonyl (C=O) groups excluding carboxylic acids is 1. The van der Waals surface area contributed by atoms with Crippen molar-refractivity contribution in [3.8, 4) is 0 Å². The third kappa shape index (κ3) is 4.76. The van der Waals surface area contributed by atoms with Gasteiger partial charge in [0.25, 0.3) is 0 Å². The molecule has 16 atom stereocenters. The fourth-order valence-corrected chi connectivity index (χ4v) is 12.1. The minimum atomic E-state index is -2.05. The number of fused-ring (bicyclic) bond motifs is 7. The minimum absolute atomic E-state index is 0.117. The van der Waals surface area contributed by atoms with Crippen molar-refractivity contribution in [1.29, 1.82) is 0 Å². The summed E-state index contributed by atoms with van der Waals surface area (Å²) in [6.45, 7) is 8.65. The zero-order valence-corrected chi connectivity index (χ0v) is 29.2. The monoisotopic (exact) mass is 696 g/mol. The number of hydrogen-bond acceptors (Lipinski definition) is 12. The molecule has 13 nitrogen and oxygen atoms in total. The number of rotatable bonds is 5. The van der Waals surface area contributed by atoms with Crippen LogP contribution in [0.25, 0.3) is 0 Å². The van der Waals surface area contributed by atoms with E-state index in [1.54, 1.807) is 0 Å². The van der Waals surface area contributed by atoms with Crippen LogP contribution < -0.4 is 0 Å². The van der Waals surface area contributed by atoms with E-state index in [4.69, 9.17) is 9.47 Å². The Kier molecular flexibility index (Phi) is 9.03. The first-order chi connectivity index (χ1) is 22.7. The van der Waals surface area contributed by atoms with Crippen LogP contribution in [-0.4, -0.2) is 120 Å². The average molecular weight is 697 g/mol. The van der Waals surface area contributed by atoms with Crippen molar-refractivity contribution in [3.63, 3.8) is 0 Å². The van der Waals surface area contributed by atoms with Crippen molar-refractivity contribution in [3.05, 3.63) is 11.6 Å². The summed E-state index contributed by atoms with van der Waals surface area (Å²) >= 11 is 0. The van der Waals surface area contributed by atoms with Crippen LogP contribution in [0.5, 0.6) is 0 Å². The molecule has 5 fully saturated rings. The van der Waals surface area contributed by atoms with Crippen LogP contribution in [0.1, 0.15) is 86.0 Å². The summed E-state index contributed by atoms with van der Waals surface area (Å²) in [6.07, 6.45) is -7.00. The second-order valence-corrected chi connectivity index (χ2v) is 17.7. The second kappa shape index (κ2) is 11.9. The first-order valence-corrected chi connectivity index (χ1v) is 17.8. The fourth-order valence-electron chi connectivity index (χ4n) is 12.1. The predicted octanol–water partition coefficient (Wildman–Crippen LogP) is 0.471. The van der Waals surface area contributed by atoms with Gasteiger partial charge in [-0.15, -0.1) is 0 Å². The van der Waals surface area contributed by atoms with E-state index < -0.39 is 118 Å². The zero-order chi connectivity index (χ0) is 36.3. The average Bonchev–Trinajstić information content (AvgIpc) is 3.04. The van der Waals surface area contributed by atoms with Gasteiger partial charge in [-0.25, -0.2) is 0 Å². The van der Waals surface area contributed by atoms with Crippen LogP contribution >= 0.6 is 0 Å². The first-order valence-electron chi connectivity index (χ1n) is 17.8. The third-order valence-corrected chi connectivity index (χ3v) is 15.4. The van der Waals surface area contributed by atoms with Gasteiger partial charge in [0.05, 0.1) is 36.9 Å². The van der Waals surface area contributed by atoms with E-state index >= 15 is 0 Å². The largest absolute Gasteiger partial charge is 0.481 e. The molecule has 0 bridgehead atoms. The number of aliphatic hydroxyl groups is 8. The standard InChI is InChI=1S/C36H56O13/c1-31(2)10-12-35(29(45)46)13-11-33(4)17(22(35)27(31)44)6-7-20-32(3)14-18(39)26(43)36(16-38,21(32)8-9-34(20,33)5)30(47)49-28-25(42)24(41)23(40)19(15-37)48-28/h6,18-28,37-44H,7-16H2,1-5H3,(H,45,46)/t18-,19-,20+,21?,22-,23-,24+,25-,26+,27+,28?,32-,33-,34-,35+,36?/m1/s1. The summed E-state index contributed by atoms with van der Waals surface area (Å²) in [5.74, 6) is -3.49. The normalized spacial score (nSPS) is 53.6. The maximum Gasteiger partial charge on any atom is 0.319 e. The number of aliphatic hydroxyl groups excluding tert-OH is 8. The van der Waals surface area contributed by atoms with Crippen molar-refractivity contribution in [1.82, 2.24) is 0 Å². The third-order valence-electron chi connectivity index (χ3n) is 15.4. The Labute approximate surface area is 286 Å². The van der Waals surface area contributed by atoms with Crippen LogP contribution in [-0.2, 0) is 19.1 Å². The maximum absolute atomic E-state index is 14.2. The number of carbonyl (C=O) groups is 2. The van der Waals surface area contributed by atoms with Crippen LogP contribution in [0.3, 0.4) is 0 Å². The highest BCUT2D eigenvalue weighted by atomic mass is 16.7. The Hall–Kier alpha value is -1.68. The van der Waals surface area contributed by atoms with E-state index in [9.17, 15) is 55.5 Å². The van der Waals surface area contributed by atoms with Gasteiger partial charge in [-0.1, -0.05) is 46.3 Å². The van der Waals surface area contributed by atoms with Crippen molar-refractivity contribution in [2.45, 2.75) is 135 Å². The summed E-state index contributed by atoms with van der Waals surface area (Å²) in [7, 11) is 0. The molecule has 0 aromatic rings. The number of hydrogen-bond donors (Lipinski definition) is 9. The Bertz CT molecular complexity index is 1370. The van der Waals surface area contributed by atoms with Gasteiger partial charge in [0.15, 0.2) is 0 Å². The Morgan fingerprint density at radius 1 is 0.857 bits per heavy atom. The molecule has 0 aromatic carbocycles. The molecule has 4 saturated carbocycles. The van der Waals surface area contributed by atoms with Crippen molar-refractivity contribution in [2.24, 2.45) is 50.2 Å². The highest BCUT2D eigenvalue weighted by Crippen LogP contribution is 2.76. The van der Waals surface area contributed by atoms with Crippen molar-refractivity contribution < 1.29 is 65.0 Å². The molecule has 0 radical (unpaired) electrons. The number of esters is 1. The number of carboxylic acid groups (broad SMARTS) is 1. The summed E-state index contributed by atoms with van der Waals surface area (Å²) < 4.78 is 11.0. The molecule has 5 aliphatic carbocycles. The van der Waals surface area contributed by atoms with E-state index in [0.717, 1.165) is 5.57 Å². The topological polar surface area (TPSA) is 235 Å². The number of allylic oxidation sites excluding steroid dienone is 1. The van der Waals surface area contributed by atoms with Crippen molar-refractivity contribution in [2.75, 3.05) is 13.2 Å². The zero-order valence-electron chi connectivity index (χ0n) is 29.2. The lowest BCUT2D eigenvalue weighted by Gasteiger charge is -2.71. The Morgan fingerprint density at radius 2 is 1.51 bits per heavy atom. The fraction of sp³-hybridized carbons (Fsp3) is 0.889. The highest BCUT2D eigenvalue weighted by Gasteiger charge is 2.74. The van der Waals surface area contributed by atoms with Gasteiger partial charge < -0.3 is 55.4 Å². The van der Waals surface area contributed by atoms with E-state index in [2.05, 4.69) is 19.9 Å². The molecule has 1 aliphatic heterocycles. The summed E-state index contributed by atoms with van der Waals surface area (Å²) in [6, 6.07) is 0. The van der Waals surface area contributed by atoms with Gasteiger partial charge in [0, 0.05) is 5.92 Å². The molecule has 1 saturated heterocycles. The van der Waals surface area contributed by atoms with E-state index in [-0.39, 0.29) is 12.3 Å². The molecule has 3 unspecified atom stereocenters. The molecular weight excluding hydrogens is 640 g/mol. The summed E-state index contributed by atoms with van der Waals surface area (Å²) in [4.78, 5) is 27.2. The SMILES string of the molecule is CC1(C)CC[C@]2(C(=O)O)CC[C@]3(C)C(=CC[C@H]4[C@@]5(C)C[C@@H](O)[C@H](O)C(CO)(C(=O)OC6O[C@H](CO)[C@@H](O)[C@H](O)[C@H]6O)C5CC[C@]43C)[C@@H]2[C@@H]1O. The molecule has 0 amide bonds. The van der Waals surface area contributed by atoms with E-state index in [1.807, 2.05) is 20.8 Å².